The summed E-state index contributed by atoms with van der Waals surface area (Å²) < 4.78 is 192. The zero-order valence-electron chi connectivity index (χ0n) is 37.9. The van der Waals surface area contributed by atoms with Crippen molar-refractivity contribution in [3.8, 4) is 23.0 Å². The van der Waals surface area contributed by atoms with E-state index in [9.17, 15) is 52.7 Å². The lowest BCUT2D eigenvalue weighted by molar-refractivity contribution is -0.143. The summed E-state index contributed by atoms with van der Waals surface area (Å²) in [5, 5.41) is -0.421. The van der Waals surface area contributed by atoms with Gasteiger partial charge in [0.2, 0.25) is 16.6 Å². The minimum atomic E-state index is -5.18. The summed E-state index contributed by atoms with van der Waals surface area (Å²) in [5.41, 5.74) is -6.95. The average Bonchev–Trinajstić information content (AvgIpc) is 3.92. The molecule has 6 rings (SSSR count). The number of alkyl halides is 12. The highest BCUT2D eigenvalue weighted by atomic mass is 31.2. The minimum absolute atomic E-state index is 0.0358. The SMILES string of the molecule is C/C(=C\C(=C/C(C)P(Oc1cc(C(C)(C)C)cc2c1Oc1c(OP(c3cc(C(F)(F)F)cc(C(F)(F)F)c3)n3cccc3)cc(C(C)(C)C)cc1C2(C)C)n1cccc1)C(F)(F)F)C(F)(F)F. The number of halogens is 12. The lowest BCUT2D eigenvalue weighted by Gasteiger charge is -2.39. The number of hydrogen-bond donors (Lipinski definition) is 0. The van der Waals surface area contributed by atoms with Crippen molar-refractivity contribution in [1.29, 1.82) is 0 Å². The molecule has 5 aromatic rings. The van der Waals surface area contributed by atoms with Gasteiger partial charge in [-0.05, 0) is 96.5 Å². The van der Waals surface area contributed by atoms with Crippen LogP contribution in [0.2, 0.25) is 0 Å². The Morgan fingerprint density at radius 2 is 1.03 bits per heavy atom. The van der Waals surface area contributed by atoms with Crippen molar-refractivity contribution in [3.63, 3.8) is 0 Å². The van der Waals surface area contributed by atoms with Gasteiger partial charge in [0.25, 0.3) is 0 Å². The Morgan fingerprint density at radius 3 is 1.43 bits per heavy atom. The molecule has 3 unspecified atom stereocenters. The fraction of sp³-hybridized carbons (Fsp3) is 0.375. The predicted octanol–water partition coefficient (Wildman–Crippen LogP) is 16.5. The van der Waals surface area contributed by atoms with Gasteiger partial charge in [-0.25, -0.2) is 0 Å². The highest BCUT2D eigenvalue weighted by Gasteiger charge is 2.44. The van der Waals surface area contributed by atoms with Gasteiger partial charge >= 0.3 is 24.7 Å². The Morgan fingerprint density at radius 1 is 0.597 bits per heavy atom. The van der Waals surface area contributed by atoms with E-state index in [0.29, 0.717) is 41.8 Å². The van der Waals surface area contributed by atoms with Crippen LogP contribution in [-0.4, -0.2) is 26.7 Å². The van der Waals surface area contributed by atoms with Crippen LogP contribution in [0.25, 0.3) is 0 Å². The van der Waals surface area contributed by atoms with Crippen LogP contribution in [0.4, 0.5) is 52.7 Å². The zero-order valence-corrected chi connectivity index (χ0v) is 39.7. The summed E-state index contributed by atoms with van der Waals surface area (Å²) >= 11 is 0. The second-order valence-corrected chi connectivity index (χ2v) is 22.5. The molecule has 5 nitrogen and oxygen atoms in total. The highest BCUT2D eigenvalue weighted by molar-refractivity contribution is 7.59. The number of allylic oxidation sites excluding steroid dienone is 4. The number of ether oxygens (including phenoxy) is 1. The molecule has 1 aliphatic rings. The van der Waals surface area contributed by atoms with Gasteiger partial charge < -0.3 is 18.1 Å². The third-order valence-electron chi connectivity index (χ3n) is 11.1. The average molecular weight is 991 g/mol. The fourth-order valence-corrected chi connectivity index (χ4v) is 10.6. The summed E-state index contributed by atoms with van der Waals surface area (Å²) in [6.07, 6.45) is -13.8. The van der Waals surface area contributed by atoms with E-state index in [0.717, 1.165) is 5.56 Å². The van der Waals surface area contributed by atoms with Crippen LogP contribution in [0, 0.1) is 0 Å². The van der Waals surface area contributed by atoms with E-state index in [1.54, 1.807) is 36.7 Å². The van der Waals surface area contributed by atoms with E-state index in [4.69, 9.17) is 13.8 Å². The first kappa shape index (κ1) is 51.5. The Labute approximate surface area is 383 Å². The quantitative estimate of drug-likeness (QED) is 0.0795. The van der Waals surface area contributed by atoms with Gasteiger partial charge in [-0.1, -0.05) is 73.6 Å². The summed E-state index contributed by atoms with van der Waals surface area (Å²) in [4.78, 5) is 0. The van der Waals surface area contributed by atoms with Crippen LogP contribution in [-0.2, 0) is 28.6 Å². The molecule has 3 heterocycles. The standard InChI is InChI=1S/C48H48F12N2O3P2/c1-28(45(49,50)51)19-32(46(52,53)54)20-29(2)66(61-15-11-12-16-61)64-38-26-30(42(3,4)5)24-36-40(38)63-41-37(44(36,9)10)25-31(43(6,7)8)27-39(41)65-67(62-17-13-14-18-62)35-22-33(47(55,56)57)21-34(23-35)48(58,59)60/h11-27,29H,1-10H3/b28-19+,32-20+. The van der Waals surface area contributed by atoms with Crippen LogP contribution in [0.5, 0.6) is 23.0 Å². The zero-order chi connectivity index (χ0) is 50.0. The van der Waals surface area contributed by atoms with Crippen LogP contribution in [0.1, 0.15) is 103 Å². The fourth-order valence-electron chi connectivity index (χ4n) is 7.18. The van der Waals surface area contributed by atoms with E-state index in [2.05, 4.69) is 0 Å². The van der Waals surface area contributed by atoms with Crippen molar-refractivity contribution in [2.75, 3.05) is 0 Å². The second-order valence-electron chi connectivity index (χ2n) is 18.8. The van der Waals surface area contributed by atoms with E-state index < -0.39 is 90.8 Å². The van der Waals surface area contributed by atoms with Crippen LogP contribution < -0.4 is 19.1 Å². The molecule has 0 fully saturated rings. The Balaban J connectivity index is 1.59. The monoisotopic (exact) mass is 990 g/mol. The van der Waals surface area contributed by atoms with Gasteiger partial charge in [-0.3, -0.25) is 4.34 Å². The van der Waals surface area contributed by atoms with Gasteiger partial charge in [0.05, 0.1) is 22.4 Å². The van der Waals surface area contributed by atoms with Crippen LogP contribution >= 0.6 is 16.6 Å². The first-order valence-electron chi connectivity index (χ1n) is 20.7. The largest absolute Gasteiger partial charge is 0.449 e. The summed E-state index contributed by atoms with van der Waals surface area (Å²) in [5.74, 6) is 0.139. The number of nitrogens with zero attached hydrogens (tertiary/aromatic N) is 2. The molecule has 1 aliphatic heterocycles. The Bertz CT molecular complexity index is 2610. The predicted molar refractivity (Wildman–Crippen MR) is 237 cm³/mol. The molecule has 0 saturated carbocycles. The summed E-state index contributed by atoms with van der Waals surface area (Å²) in [6.45, 7) is 17.2. The molecule has 0 radical (unpaired) electrons. The van der Waals surface area contributed by atoms with E-state index >= 15 is 0 Å². The molecule has 0 saturated heterocycles. The first-order valence-corrected chi connectivity index (χ1v) is 23.2. The molecular formula is C48H48F12N2O3P2. The molecule has 362 valence electrons. The summed E-state index contributed by atoms with van der Waals surface area (Å²) in [7, 11) is -4.79. The van der Waals surface area contributed by atoms with Gasteiger partial charge in [-0.15, -0.1) is 0 Å². The van der Waals surface area contributed by atoms with Crippen molar-refractivity contribution < 1.29 is 66.5 Å². The Kier molecular flexibility index (Phi) is 13.8. The van der Waals surface area contributed by atoms with Crippen molar-refractivity contribution in [2.24, 2.45) is 0 Å². The number of aromatic nitrogens is 2. The van der Waals surface area contributed by atoms with Crippen molar-refractivity contribution in [2.45, 2.75) is 116 Å². The van der Waals surface area contributed by atoms with E-state index in [1.165, 1.54) is 40.1 Å². The number of hydrogen-bond acceptors (Lipinski definition) is 3. The maximum absolute atomic E-state index is 14.4. The third kappa shape index (κ3) is 11.4. The van der Waals surface area contributed by atoms with Gasteiger partial charge in [0.1, 0.15) is 0 Å². The number of rotatable bonds is 10. The molecule has 67 heavy (non-hydrogen) atoms. The smallest absolute Gasteiger partial charge is 0.416 e. The molecule has 0 amide bonds. The molecule has 0 N–H and O–H groups in total. The Hall–Kier alpha value is -4.88. The summed E-state index contributed by atoms with van der Waals surface area (Å²) in [6, 6.07) is 14.6. The van der Waals surface area contributed by atoms with Gasteiger partial charge in [0.15, 0.2) is 23.0 Å². The van der Waals surface area contributed by atoms with Crippen molar-refractivity contribution >= 4 is 21.9 Å². The van der Waals surface area contributed by atoms with E-state index in [1.807, 2.05) is 67.5 Å². The molecule has 2 aromatic heterocycles. The molecular weight excluding hydrogens is 942 g/mol. The first-order chi connectivity index (χ1) is 30.6. The lowest BCUT2D eigenvalue weighted by Crippen LogP contribution is -2.28. The van der Waals surface area contributed by atoms with Crippen LogP contribution in [0.3, 0.4) is 0 Å². The molecule has 0 bridgehead atoms. The highest BCUT2D eigenvalue weighted by Crippen LogP contribution is 2.60. The second kappa shape index (κ2) is 17.9. The number of fused-ring (bicyclic) bond motifs is 2. The topological polar surface area (TPSA) is 37.6 Å². The molecule has 0 aliphatic carbocycles. The van der Waals surface area contributed by atoms with Gasteiger partial charge in [0, 0.05) is 52.2 Å². The maximum atomic E-state index is 14.4. The maximum Gasteiger partial charge on any atom is 0.416 e. The minimum Gasteiger partial charge on any atom is -0.449 e. The lowest BCUT2D eigenvalue weighted by atomic mass is 9.72. The third-order valence-corrected chi connectivity index (χ3v) is 14.8. The van der Waals surface area contributed by atoms with E-state index in [-0.39, 0.29) is 35.1 Å². The number of benzene rings is 3. The molecule has 3 aromatic carbocycles. The normalized spacial score (nSPS) is 16.4. The molecule has 19 heteroatoms. The van der Waals surface area contributed by atoms with Crippen LogP contribution in [0.15, 0.2) is 115 Å². The van der Waals surface area contributed by atoms with Crippen molar-refractivity contribution in [1.82, 2.24) is 8.68 Å². The molecule has 3 atom stereocenters. The van der Waals surface area contributed by atoms with Gasteiger partial charge in [-0.2, -0.15) is 52.7 Å². The molecule has 0 spiro atoms. The van der Waals surface area contributed by atoms with Crippen molar-refractivity contribution in [3.05, 3.63) is 148 Å².